The number of amides is 1. The van der Waals surface area contributed by atoms with E-state index in [0.29, 0.717) is 27.4 Å². The van der Waals surface area contributed by atoms with E-state index >= 15 is 0 Å². The van der Waals surface area contributed by atoms with Crippen LogP contribution in [0.1, 0.15) is 41.6 Å². The molecule has 4 nitrogen and oxygen atoms in total. The van der Waals surface area contributed by atoms with Crippen molar-refractivity contribution in [1.82, 2.24) is 0 Å². The number of furan rings is 1. The van der Waals surface area contributed by atoms with Crippen LogP contribution < -0.4 is 10.1 Å². The Morgan fingerprint density at radius 1 is 1.04 bits per heavy atom. The summed E-state index contributed by atoms with van der Waals surface area (Å²) in [6, 6.07) is 16.2. The highest BCUT2D eigenvalue weighted by molar-refractivity contribution is 6.39. The van der Waals surface area contributed by atoms with Gasteiger partial charge in [0.2, 0.25) is 0 Å². The standard InChI is InChI=1S/C21H19Cl2NO3/c1-13(2)14-6-8-15(9-7-14)26-12-16-10-11-19(27-16)21(25)24-20-17(22)4-3-5-18(20)23/h3-11,13H,12H2,1-2H3,(H,24,25). The van der Waals surface area contributed by atoms with Crippen LogP contribution in [0.2, 0.25) is 10.0 Å². The van der Waals surface area contributed by atoms with Gasteiger partial charge in [-0.05, 0) is 47.9 Å². The molecule has 0 radical (unpaired) electrons. The van der Waals surface area contributed by atoms with Crippen molar-refractivity contribution in [2.75, 3.05) is 5.32 Å². The van der Waals surface area contributed by atoms with Crippen molar-refractivity contribution < 1.29 is 13.9 Å². The molecule has 0 aliphatic rings. The molecule has 0 unspecified atom stereocenters. The zero-order valence-corrected chi connectivity index (χ0v) is 16.5. The van der Waals surface area contributed by atoms with Crippen molar-refractivity contribution in [1.29, 1.82) is 0 Å². The molecule has 2 aromatic carbocycles. The first-order valence-corrected chi connectivity index (χ1v) is 9.26. The molecular weight excluding hydrogens is 385 g/mol. The monoisotopic (exact) mass is 403 g/mol. The van der Waals surface area contributed by atoms with E-state index in [1.807, 2.05) is 24.3 Å². The van der Waals surface area contributed by atoms with E-state index < -0.39 is 5.91 Å². The fourth-order valence-electron chi connectivity index (χ4n) is 2.47. The van der Waals surface area contributed by atoms with Gasteiger partial charge in [0.1, 0.15) is 18.1 Å². The van der Waals surface area contributed by atoms with Crippen molar-refractivity contribution in [3.05, 3.63) is 81.7 Å². The van der Waals surface area contributed by atoms with Gasteiger partial charge in [0.15, 0.2) is 5.76 Å². The molecule has 0 bridgehead atoms. The van der Waals surface area contributed by atoms with Gasteiger partial charge in [-0.25, -0.2) is 0 Å². The van der Waals surface area contributed by atoms with E-state index in [0.717, 1.165) is 5.75 Å². The Kier molecular flexibility index (Phi) is 6.09. The molecule has 1 amide bonds. The van der Waals surface area contributed by atoms with E-state index in [-0.39, 0.29) is 12.4 Å². The molecule has 0 aliphatic heterocycles. The number of hydrogen-bond donors (Lipinski definition) is 1. The molecule has 3 aromatic rings. The third-order valence-corrected chi connectivity index (χ3v) is 4.64. The lowest BCUT2D eigenvalue weighted by atomic mass is 10.0. The molecule has 0 saturated carbocycles. The van der Waals surface area contributed by atoms with Gasteiger partial charge in [0, 0.05) is 0 Å². The lowest BCUT2D eigenvalue weighted by molar-refractivity contribution is 0.0992. The van der Waals surface area contributed by atoms with E-state index in [1.165, 1.54) is 5.56 Å². The van der Waals surface area contributed by atoms with Gasteiger partial charge in [-0.2, -0.15) is 0 Å². The Bertz CT molecular complexity index is 913. The van der Waals surface area contributed by atoms with E-state index in [9.17, 15) is 4.79 Å². The number of hydrogen-bond acceptors (Lipinski definition) is 3. The van der Waals surface area contributed by atoms with Crippen LogP contribution >= 0.6 is 23.2 Å². The zero-order valence-electron chi connectivity index (χ0n) is 15.0. The van der Waals surface area contributed by atoms with Gasteiger partial charge in [0.25, 0.3) is 5.91 Å². The number of halogens is 2. The topological polar surface area (TPSA) is 51.5 Å². The summed E-state index contributed by atoms with van der Waals surface area (Å²) in [5.74, 6) is 1.47. The normalized spacial score (nSPS) is 10.9. The van der Waals surface area contributed by atoms with Crippen LogP contribution in [0.15, 0.2) is 59.0 Å². The van der Waals surface area contributed by atoms with Gasteiger partial charge in [-0.15, -0.1) is 0 Å². The van der Waals surface area contributed by atoms with E-state index in [2.05, 4.69) is 19.2 Å². The minimum Gasteiger partial charge on any atom is -0.486 e. The summed E-state index contributed by atoms with van der Waals surface area (Å²) in [7, 11) is 0. The number of para-hydroxylation sites is 1. The fourth-order valence-corrected chi connectivity index (χ4v) is 2.97. The van der Waals surface area contributed by atoms with Gasteiger partial charge in [-0.1, -0.05) is 55.2 Å². The van der Waals surface area contributed by atoms with Crippen molar-refractivity contribution >= 4 is 34.8 Å². The summed E-state index contributed by atoms with van der Waals surface area (Å²) in [5, 5.41) is 3.38. The molecule has 1 N–H and O–H groups in total. The molecule has 140 valence electrons. The molecular formula is C21H19Cl2NO3. The summed E-state index contributed by atoms with van der Waals surface area (Å²) in [6.07, 6.45) is 0. The van der Waals surface area contributed by atoms with Crippen LogP contribution in [0.3, 0.4) is 0 Å². The minimum absolute atomic E-state index is 0.153. The molecule has 0 aliphatic carbocycles. The lowest BCUT2D eigenvalue weighted by Crippen LogP contribution is -2.11. The number of benzene rings is 2. The predicted octanol–water partition coefficient (Wildman–Crippen LogP) is 6.54. The molecule has 0 saturated heterocycles. The van der Waals surface area contributed by atoms with Gasteiger partial charge >= 0.3 is 0 Å². The van der Waals surface area contributed by atoms with Crippen molar-refractivity contribution in [2.45, 2.75) is 26.4 Å². The second-order valence-electron chi connectivity index (χ2n) is 6.33. The number of carbonyl (C=O) groups excluding carboxylic acids is 1. The molecule has 0 fully saturated rings. The van der Waals surface area contributed by atoms with Crippen LogP contribution in [-0.4, -0.2) is 5.91 Å². The third kappa shape index (κ3) is 4.85. The second-order valence-corrected chi connectivity index (χ2v) is 7.14. The Hall–Kier alpha value is -2.43. The van der Waals surface area contributed by atoms with Crippen LogP contribution in [0, 0.1) is 0 Å². The Morgan fingerprint density at radius 2 is 1.70 bits per heavy atom. The van der Waals surface area contributed by atoms with Gasteiger partial charge in [0.05, 0.1) is 15.7 Å². The molecule has 1 heterocycles. The number of carbonyl (C=O) groups is 1. The maximum absolute atomic E-state index is 12.3. The Labute approximate surface area is 168 Å². The first kappa shape index (κ1) is 19.3. The molecule has 27 heavy (non-hydrogen) atoms. The zero-order chi connectivity index (χ0) is 19.4. The molecule has 3 rings (SSSR count). The van der Waals surface area contributed by atoms with Crippen LogP contribution in [-0.2, 0) is 6.61 Å². The van der Waals surface area contributed by atoms with Crippen LogP contribution in [0.25, 0.3) is 0 Å². The Morgan fingerprint density at radius 3 is 2.33 bits per heavy atom. The molecule has 6 heteroatoms. The SMILES string of the molecule is CC(C)c1ccc(OCc2ccc(C(=O)Nc3c(Cl)cccc3Cl)o2)cc1. The summed E-state index contributed by atoms with van der Waals surface area (Å²) < 4.78 is 11.3. The maximum Gasteiger partial charge on any atom is 0.291 e. The van der Waals surface area contributed by atoms with Crippen LogP contribution in [0.4, 0.5) is 5.69 Å². The highest BCUT2D eigenvalue weighted by Crippen LogP contribution is 2.30. The molecule has 1 aromatic heterocycles. The highest BCUT2D eigenvalue weighted by Gasteiger charge is 2.15. The maximum atomic E-state index is 12.3. The predicted molar refractivity (Wildman–Crippen MR) is 108 cm³/mol. The van der Waals surface area contributed by atoms with E-state index in [1.54, 1.807) is 30.3 Å². The van der Waals surface area contributed by atoms with Crippen molar-refractivity contribution in [3.63, 3.8) is 0 Å². The molecule has 0 spiro atoms. The van der Waals surface area contributed by atoms with Gasteiger partial charge < -0.3 is 14.5 Å². The first-order chi connectivity index (χ1) is 12.9. The fraction of sp³-hybridized carbons (Fsp3) is 0.190. The smallest absolute Gasteiger partial charge is 0.291 e. The largest absolute Gasteiger partial charge is 0.486 e. The Balaban J connectivity index is 1.61. The summed E-state index contributed by atoms with van der Waals surface area (Å²) in [5.41, 5.74) is 1.60. The van der Waals surface area contributed by atoms with Crippen LogP contribution in [0.5, 0.6) is 5.75 Å². The number of anilines is 1. The van der Waals surface area contributed by atoms with Gasteiger partial charge in [-0.3, -0.25) is 4.79 Å². The number of nitrogens with one attached hydrogen (secondary N) is 1. The van der Waals surface area contributed by atoms with Crippen molar-refractivity contribution in [3.8, 4) is 5.75 Å². The minimum atomic E-state index is -0.433. The summed E-state index contributed by atoms with van der Waals surface area (Å²) >= 11 is 12.1. The quantitative estimate of drug-likeness (QED) is 0.507. The molecule has 0 atom stereocenters. The second kappa shape index (κ2) is 8.51. The summed E-state index contributed by atoms with van der Waals surface area (Å²) in [6.45, 7) is 4.50. The average Bonchev–Trinajstić information content (AvgIpc) is 3.12. The number of rotatable bonds is 6. The lowest BCUT2D eigenvalue weighted by Gasteiger charge is -2.08. The van der Waals surface area contributed by atoms with E-state index in [4.69, 9.17) is 32.4 Å². The highest BCUT2D eigenvalue weighted by atomic mass is 35.5. The third-order valence-electron chi connectivity index (χ3n) is 4.01. The summed E-state index contributed by atoms with van der Waals surface area (Å²) in [4.78, 5) is 12.3. The first-order valence-electron chi connectivity index (χ1n) is 8.51. The number of ether oxygens (including phenoxy) is 1. The average molecular weight is 404 g/mol. The van der Waals surface area contributed by atoms with Crippen molar-refractivity contribution in [2.24, 2.45) is 0 Å².